The Hall–Kier alpha value is -2.12. The molecule has 0 saturated carbocycles. The lowest BCUT2D eigenvalue weighted by Gasteiger charge is -2.08. The summed E-state index contributed by atoms with van der Waals surface area (Å²) in [6.07, 6.45) is 0. The number of aryl methyl sites for hydroxylation is 1. The van der Waals surface area contributed by atoms with Crippen molar-refractivity contribution in [2.75, 3.05) is 11.1 Å². The molecule has 0 bridgehead atoms. The predicted octanol–water partition coefficient (Wildman–Crippen LogP) is 2.67. The maximum Gasteiger partial charge on any atom is 0.346 e. The number of nitrogens with one attached hydrogen (secondary N) is 2. The van der Waals surface area contributed by atoms with Crippen LogP contribution in [0.4, 0.5) is 5.69 Å². The Morgan fingerprint density at radius 2 is 1.96 bits per heavy atom. The van der Waals surface area contributed by atoms with E-state index in [1.165, 1.54) is 6.92 Å². The maximum absolute atomic E-state index is 12.0. The fourth-order valence-corrected chi connectivity index (χ4v) is 3.00. The Labute approximate surface area is 141 Å². The molecule has 0 aliphatic rings. The number of hydrogen-bond acceptors (Lipinski definition) is 5. The maximum atomic E-state index is 12.0. The van der Waals surface area contributed by atoms with Crippen molar-refractivity contribution in [2.24, 2.45) is 0 Å². The SMILES string of the molecule is CC(=O)c1c(SCC(=O)Nc2ccc(Cl)cc2)nc(=O)[nH]c1C. The topological polar surface area (TPSA) is 91.9 Å². The number of halogens is 1. The molecule has 1 amide bonds. The van der Waals surface area contributed by atoms with E-state index in [-0.39, 0.29) is 22.5 Å². The Bertz CT molecular complexity index is 803. The van der Waals surface area contributed by atoms with Gasteiger partial charge in [-0.3, -0.25) is 9.59 Å². The van der Waals surface area contributed by atoms with E-state index in [1.54, 1.807) is 31.2 Å². The van der Waals surface area contributed by atoms with Crippen molar-refractivity contribution in [1.82, 2.24) is 9.97 Å². The molecule has 0 radical (unpaired) electrons. The van der Waals surface area contributed by atoms with Gasteiger partial charge in [0.05, 0.1) is 11.3 Å². The summed E-state index contributed by atoms with van der Waals surface area (Å²) >= 11 is 6.82. The van der Waals surface area contributed by atoms with Gasteiger partial charge in [-0.2, -0.15) is 4.98 Å². The van der Waals surface area contributed by atoms with E-state index < -0.39 is 5.69 Å². The van der Waals surface area contributed by atoms with Crippen molar-refractivity contribution in [3.05, 3.63) is 51.0 Å². The van der Waals surface area contributed by atoms with Crippen LogP contribution in [0.2, 0.25) is 5.02 Å². The monoisotopic (exact) mass is 351 g/mol. The average molecular weight is 352 g/mol. The number of anilines is 1. The highest BCUT2D eigenvalue weighted by atomic mass is 35.5. The first-order chi connectivity index (χ1) is 10.9. The van der Waals surface area contributed by atoms with Crippen molar-refractivity contribution in [2.45, 2.75) is 18.9 Å². The number of ketones is 1. The number of nitrogens with zero attached hydrogens (tertiary/aromatic N) is 1. The van der Waals surface area contributed by atoms with E-state index >= 15 is 0 Å². The molecule has 6 nitrogen and oxygen atoms in total. The third-order valence-electron chi connectivity index (χ3n) is 2.91. The first-order valence-corrected chi connectivity index (χ1v) is 8.03. The molecule has 1 aromatic heterocycles. The lowest BCUT2D eigenvalue weighted by molar-refractivity contribution is -0.113. The summed E-state index contributed by atoms with van der Waals surface area (Å²) in [5, 5.41) is 3.53. The Kier molecular flexibility index (Phi) is 5.57. The lowest BCUT2D eigenvalue weighted by atomic mass is 10.2. The number of rotatable bonds is 5. The van der Waals surface area contributed by atoms with Crippen LogP contribution in [-0.4, -0.2) is 27.4 Å². The molecule has 0 aliphatic carbocycles. The first kappa shape index (κ1) is 17.2. The smallest absolute Gasteiger partial charge is 0.325 e. The standard InChI is InChI=1S/C15H14ClN3O3S/c1-8-13(9(2)20)14(19-15(22)17-8)23-7-12(21)18-11-5-3-10(16)4-6-11/h3-6H,7H2,1-2H3,(H,18,21)(H,17,19,22). The number of Topliss-reactive ketones (excluding diaryl/α,β-unsaturated/α-hetero) is 1. The minimum atomic E-state index is -0.548. The van der Waals surface area contributed by atoms with Gasteiger partial charge in [-0.15, -0.1) is 0 Å². The van der Waals surface area contributed by atoms with Gasteiger partial charge in [0.25, 0.3) is 0 Å². The number of aromatic amines is 1. The first-order valence-electron chi connectivity index (χ1n) is 6.67. The fraction of sp³-hybridized carbons (Fsp3) is 0.200. The van der Waals surface area contributed by atoms with Gasteiger partial charge in [-0.05, 0) is 38.1 Å². The second-order valence-corrected chi connectivity index (χ2v) is 6.15. The number of carbonyl (C=O) groups is 2. The zero-order valence-electron chi connectivity index (χ0n) is 12.5. The molecule has 0 unspecified atom stereocenters. The van der Waals surface area contributed by atoms with Crippen molar-refractivity contribution >= 4 is 40.7 Å². The summed E-state index contributed by atoms with van der Waals surface area (Å²) in [7, 11) is 0. The summed E-state index contributed by atoms with van der Waals surface area (Å²) in [4.78, 5) is 41.3. The van der Waals surface area contributed by atoms with Crippen LogP contribution < -0.4 is 11.0 Å². The second kappa shape index (κ2) is 7.43. The Balaban J connectivity index is 2.08. The van der Waals surface area contributed by atoms with Crippen molar-refractivity contribution < 1.29 is 9.59 Å². The molecular weight excluding hydrogens is 338 g/mol. The van der Waals surface area contributed by atoms with Crippen LogP contribution in [0, 0.1) is 6.92 Å². The molecule has 2 aromatic rings. The Morgan fingerprint density at radius 1 is 1.30 bits per heavy atom. The largest absolute Gasteiger partial charge is 0.346 e. The van der Waals surface area contributed by atoms with Gasteiger partial charge in [0.1, 0.15) is 5.03 Å². The Morgan fingerprint density at radius 3 is 2.57 bits per heavy atom. The number of hydrogen-bond donors (Lipinski definition) is 2. The number of amides is 1. The number of carbonyl (C=O) groups excluding carboxylic acids is 2. The van der Waals surface area contributed by atoms with E-state index in [4.69, 9.17) is 11.6 Å². The van der Waals surface area contributed by atoms with Crippen LogP contribution in [0.5, 0.6) is 0 Å². The van der Waals surface area contributed by atoms with Gasteiger partial charge in [0.2, 0.25) is 5.91 Å². The van der Waals surface area contributed by atoms with E-state index in [0.717, 1.165) is 11.8 Å². The molecule has 8 heteroatoms. The van der Waals surface area contributed by atoms with E-state index in [0.29, 0.717) is 22.0 Å². The van der Waals surface area contributed by atoms with Crippen LogP contribution in [-0.2, 0) is 4.79 Å². The molecule has 0 aliphatic heterocycles. The minimum absolute atomic E-state index is 0.0266. The fourth-order valence-electron chi connectivity index (χ4n) is 1.94. The van der Waals surface area contributed by atoms with E-state index in [1.807, 2.05) is 0 Å². The van der Waals surface area contributed by atoms with Crippen molar-refractivity contribution in [3.63, 3.8) is 0 Å². The van der Waals surface area contributed by atoms with Crippen LogP contribution >= 0.6 is 23.4 Å². The minimum Gasteiger partial charge on any atom is -0.325 e. The van der Waals surface area contributed by atoms with Crippen LogP contribution in [0.15, 0.2) is 34.1 Å². The number of benzene rings is 1. The highest BCUT2D eigenvalue weighted by molar-refractivity contribution is 8.00. The summed E-state index contributed by atoms with van der Waals surface area (Å²) in [5.41, 5.74) is 0.835. The molecule has 120 valence electrons. The van der Waals surface area contributed by atoms with Gasteiger partial charge in [0.15, 0.2) is 5.78 Å². The molecule has 1 aromatic carbocycles. The zero-order chi connectivity index (χ0) is 17.0. The summed E-state index contributed by atoms with van der Waals surface area (Å²) in [6, 6.07) is 6.70. The normalized spacial score (nSPS) is 10.4. The summed E-state index contributed by atoms with van der Waals surface area (Å²) < 4.78 is 0. The molecular formula is C15H14ClN3O3S. The zero-order valence-corrected chi connectivity index (χ0v) is 14.0. The highest BCUT2D eigenvalue weighted by Gasteiger charge is 2.15. The van der Waals surface area contributed by atoms with Gasteiger partial charge in [0, 0.05) is 16.4 Å². The quantitative estimate of drug-likeness (QED) is 0.491. The molecule has 2 N–H and O–H groups in total. The van der Waals surface area contributed by atoms with E-state index in [2.05, 4.69) is 15.3 Å². The van der Waals surface area contributed by atoms with Gasteiger partial charge in [-0.25, -0.2) is 4.79 Å². The summed E-state index contributed by atoms with van der Waals surface area (Å²) in [6.45, 7) is 3.01. The highest BCUT2D eigenvalue weighted by Crippen LogP contribution is 2.21. The van der Waals surface area contributed by atoms with Gasteiger partial charge in [-0.1, -0.05) is 23.4 Å². The van der Waals surface area contributed by atoms with Crippen molar-refractivity contribution in [1.29, 1.82) is 0 Å². The second-order valence-electron chi connectivity index (χ2n) is 4.75. The van der Waals surface area contributed by atoms with Gasteiger partial charge < -0.3 is 10.3 Å². The third-order valence-corrected chi connectivity index (χ3v) is 4.13. The third kappa shape index (κ3) is 4.67. The molecule has 0 atom stereocenters. The molecule has 0 saturated heterocycles. The van der Waals surface area contributed by atoms with Gasteiger partial charge >= 0.3 is 5.69 Å². The molecule has 1 heterocycles. The number of aromatic nitrogens is 2. The van der Waals surface area contributed by atoms with Crippen molar-refractivity contribution in [3.8, 4) is 0 Å². The average Bonchev–Trinajstić information content (AvgIpc) is 2.46. The number of thioether (sulfide) groups is 1. The summed E-state index contributed by atoms with van der Waals surface area (Å²) in [5.74, 6) is -0.461. The molecule has 23 heavy (non-hydrogen) atoms. The number of H-pyrrole nitrogens is 1. The lowest BCUT2D eigenvalue weighted by Crippen LogP contribution is -2.19. The predicted molar refractivity (Wildman–Crippen MR) is 90.4 cm³/mol. The molecule has 0 fully saturated rings. The molecule has 2 rings (SSSR count). The van der Waals surface area contributed by atoms with Crippen LogP contribution in [0.1, 0.15) is 23.0 Å². The van der Waals surface area contributed by atoms with Crippen LogP contribution in [0.25, 0.3) is 0 Å². The molecule has 0 spiro atoms. The van der Waals surface area contributed by atoms with Crippen LogP contribution in [0.3, 0.4) is 0 Å². The van der Waals surface area contributed by atoms with E-state index in [9.17, 15) is 14.4 Å².